The lowest BCUT2D eigenvalue weighted by molar-refractivity contribution is -0.384. The van der Waals surface area contributed by atoms with Gasteiger partial charge in [-0.15, -0.1) is 0 Å². The molecule has 0 heterocycles. The third-order valence-electron chi connectivity index (χ3n) is 1.66. The van der Waals surface area contributed by atoms with Crippen molar-refractivity contribution in [3.63, 3.8) is 0 Å². The minimum atomic E-state index is -0.412. The van der Waals surface area contributed by atoms with Crippen LogP contribution in [0.1, 0.15) is 25.3 Å². The van der Waals surface area contributed by atoms with Crippen LogP contribution >= 0.6 is 0 Å². The molecule has 3 heteroatoms. The molecule has 0 atom stereocenters. The third kappa shape index (κ3) is 2.91. The van der Waals surface area contributed by atoms with Crippen molar-refractivity contribution < 1.29 is 4.92 Å². The Labute approximate surface area is 82.9 Å². The summed E-state index contributed by atoms with van der Waals surface area (Å²) in [6.07, 6.45) is 1.82. The van der Waals surface area contributed by atoms with Crippen LogP contribution in [-0.4, -0.2) is 4.92 Å². The molecule has 14 heavy (non-hydrogen) atoms. The van der Waals surface area contributed by atoms with Crippen LogP contribution in [0.15, 0.2) is 24.3 Å². The summed E-state index contributed by atoms with van der Waals surface area (Å²) in [5.41, 5.74) is 0.793. The maximum Gasteiger partial charge on any atom is 0.270 e. The molecule has 0 aliphatic carbocycles. The average Bonchev–Trinajstić information content (AvgIpc) is 2.19. The van der Waals surface area contributed by atoms with Crippen LogP contribution in [0, 0.1) is 22.0 Å². The van der Waals surface area contributed by atoms with E-state index in [1.807, 2.05) is 6.92 Å². The van der Waals surface area contributed by atoms with Gasteiger partial charge in [-0.2, -0.15) is 0 Å². The highest BCUT2D eigenvalue weighted by atomic mass is 16.6. The molecule has 1 rings (SSSR count). The van der Waals surface area contributed by atoms with E-state index in [1.165, 1.54) is 12.1 Å². The van der Waals surface area contributed by atoms with Gasteiger partial charge in [-0.05, 0) is 12.5 Å². The summed E-state index contributed by atoms with van der Waals surface area (Å²) in [4.78, 5) is 10.0. The average molecular weight is 189 g/mol. The highest BCUT2D eigenvalue weighted by molar-refractivity contribution is 5.42. The van der Waals surface area contributed by atoms with Crippen molar-refractivity contribution in [2.75, 3.05) is 0 Å². The molecule has 0 amide bonds. The summed E-state index contributed by atoms with van der Waals surface area (Å²) in [5.74, 6) is 5.83. The van der Waals surface area contributed by atoms with Crippen LogP contribution < -0.4 is 0 Å². The highest BCUT2D eigenvalue weighted by Gasteiger charge is 2.03. The van der Waals surface area contributed by atoms with E-state index in [0.29, 0.717) is 5.56 Å². The molecule has 0 radical (unpaired) electrons. The van der Waals surface area contributed by atoms with Crippen LogP contribution in [0.25, 0.3) is 0 Å². The number of rotatable bonds is 2. The Balaban J connectivity index is 2.85. The first-order valence-corrected chi connectivity index (χ1v) is 4.47. The number of nitrogens with zero attached hydrogens (tertiary/aromatic N) is 1. The summed E-state index contributed by atoms with van der Waals surface area (Å²) in [6, 6.07) is 6.37. The lowest BCUT2D eigenvalue weighted by Crippen LogP contribution is -1.87. The molecule has 0 aliphatic rings. The molecule has 0 fully saturated rings. The van der Waals surface area contributed by atoms with Crippen molar-refractivity contribution in [1.29, 1.82) is 0 Å². The topological polar surface area (TPSA) is 43.1 Å². The summed E-state index contributed by atoms with van der Waals surface area (Å²) in [5, 5.41) is 10.4. The zero-order chi connectivity index (χ0) is 10.4. The highest BCUT2D eigenvalue weighted by Crippen LogP contribution is 2.11. The van der Waals surface area contributed by atoms with Crippen molar-refractivity contribution in [2.45, 2.75) is 19.8 Å². The molecule has 0 aromatic heterocycles. The maximum atomic E-state index is 10.4. The van der Waals surface area contributed by atoms with Crippen LogP contribution in [-0.2, 0) is 0 Å². The summed E-state index contributed by atoms with van der Waals surface area (Å²) in [6.45, 7) is 2.04. The van der Waals surface area contributed by atoms with E-state index in [-0.39, 0.29) is 5.69 Å². The fraction of sp³-hybridized carbons (Fsp3) is 0.273. The van der Waals surface area contributed by atoms with Crippen molar-refractivity contribution in [3.05, 3.63) is 39.9 Å². The predicted molar refractivity (Wildman–Crippen MR) is 54.9 cm³/mol. The zero-order valence-electron chi connectivity index (χ0n) is 7.99. The van der Waals surface area contributed by atoms with E-state index in [0.717, 1.165) is 12.8 Å². The first-order chi connectivity index (χ1) is 6.74. The van der Waals surface area contributed by atoms with E-state index in [9.17, 15) is 10.1 Å². The van der Waals surface area contributed by atoms with E-state index in [2.05, 4.69) is 11.8 Å². The van der Waals surface area contributed by atoms with Crippen molar-refractivity contribution in [2.24, 2.45) is 0 Å². The molecule has 0 aliphatic heterocycles. The molecule has 1 aromatic carbocycles. The first-order valence-electron chi connectivity index (χ1n) is 4.47. The van der Waals surface area contributed by atoms with E-state index in [4.69, 9.17) is 0 Å². The SMILES string of the molecule is CCCC#Cc1cccc([N+](=O)[O-])c1. The van der Waals surface area contributed by atoms with Gasteiger partial charge >= 0.3 is 0 Å². The summed E-state index contributed by atoms with van der Waals surface area (Å²) >= 11 is 0. The minimum Gasteiger partial charge on any atom is -0.258 e. The molecule has 1 aromatic rings. The Kier molecular flexibility index (Phi) is 3.69. The van der Waals surface area contributed by atoms with Crippen LogP contribution in [0.3, 0.4) is 0 Å². The van der Waals surface area contributed by atoms with Gasteiger partial charge < -0.3 is 0 Å². The van der Waals surface area contributed by atoms with Gasteiger partial charge in [0.15, 0.2) is 0 Å². The number of non-ortho nitro benzene ring substituents is 1. The molecule has 3 nitrogen and oxygen atoms in total. The number of nitro groups is 1. The molecule has 0 saturated heterocycles. The van der Waals surface area contributed by atoms with Gasteiger partial charge in [-0.1, -0.05) is 24.8 Å². The van der Waals surface area contributed by atoms with Gasteiger partial charge in [0, 0.05) is 24.1 Å². The molecule has 72 valence electrons. The Morgan fingerprint density at radius 2 is 2.29 bits per heavy atom. The van der Waals surface area contributed by atoms with E-state index < -0.39 is 4.92 Å². The maximum absolute atomic E-state index is 10.4. The fourth-order valence-electron chi connectivity index (χ4n) is 0.987. The first kappa shape index (κ1) is 10.3. The molecular weight excluding hydrogens is 178 g/mol. The second kappa shape index (κ2) is 5.03. The Morgan fingerprint density at radius 3 is 2.93 bits per heavy atom. The van der Waals surface area contributed by atoms with Gasteiger partial charge in [0.25, 0.3) is 5.69 Å². The Morgan fingerprint density at radius 1 is 1.50 bits per heavy atom. The zero-order valence-corrected chi connectivity index (χ0v) is 7.99. The number of hydrogen-bond donors (Lipinski definition) is 0. The van der Waals surface area contributed by atoms with Gasteiger partial charge in [0.05, 0.1) is 4.92 Å². The standard InChI is InChI=1S/C11H11NO2/c1-2-3-4-6-10-7-5-8-11(9-10)12(13)14/h5,7-9H,2-3H2,1H3. The van der Waals surface area contributed by atoms with Gasteiger partial charge in [0.1, 0.15) is 0 Å². The number of unbranched alkanes of at least 4 members (excludes halogenated alkanes) is 1. The second-order valence-corrected chi connectivity index (χ2v) is 2.86. The largest absolute Gasteiger partial charge is 0.270 e. The van der Waals surface area contributed by atoms with Crippen LogP contribution in [0.4, 0.5) is 5.69 Å². The van der Waals surface area contributed by atoms with Gasteiger partial charge in [-0.25, -0.2) is 0 Å². The molecular formula is C11H11NO2. The Bertz CT molecular complexity index is 388. The monoisotopic (exact) mass is 189 g/mol. The van der Waals surface area contributed by atoms with Crippen molar-refractivity contribution in [3.8, 4) is 11.8 Å². The van der Waals surface area contributed by atoms with Crippen LogP contribution in [0.5, 0.6) is 0 Å². The Hall–Kier alpha value is -1.82. The lowest BCUT2D eigenvalue weighted by Gasteiger charge is -1.91. The van der Waals surface area contributed by atoms with Crippen molar-refractivity contribution >= 4 is 5.69 Å². The summed E-state index contributed by atoms with van der Waals surface area (Å²) < 4.78 is 0. The van der Waals surface area contributed by atoms with Gasteiger partial charge in [0.2, 0.25) is 0 Å². The number of benzene rings is 1. The number of hydrogen-bond acceptors (Lipinski definition) is 2. The molecule has 0 bridgehead atoms. The smallest absolute Gasteiger partial charge is 0.258 e. The second-order valence-electron chi connectivity index (χ2n) is 2.86. The minimum absolute atomic E-state index is 0.0910. The molecule has 0 unspecified atom stereocenters. The third-order valence-corrected chi connectivity index (χ3v) is 1.66. The van der Waals surface area contributed by atoms with Gasteiger partial charge in [-0.3, -0.25) is 10.1 Å². The van der Waals surface area contributed by atoms with E-state index >= 15 is 0 Å². The molecule has 0 spiro atoms. The summed E-state index contributed by atoms with van der Waals surface area (Å²) in [7, 11) is 0. The molecule has 0 saturated carbocycles. The predicted octanol–water partition coefficient (Wildman–Crippen LogP) is 2.75. The van der Waals surface area contributed by atoms with E-state index in [1.54, 1.807) is 12.1 Å². The quantitative estimate of drug-likeness (QED) is 0.408. The normalized spacial score (nSPS) is 8.93. The van der Waals surface area contributed by atoms with Crippen LogP contribution in [0.2, 0.25) is 0 Å². The lowest BCUT2D eigenvalue weighted by atomic mass is 10.2. The molecule has 0 N–H and O–H groups in total. The fourth-order valence-corrected chi connectivity index (χ4v) is 0.987. The number of nitro benzene ring substituents is 1. The van der Waals surface area contributed by atoms with Crippen molar-refractivity contribution in [1.82, 2.24) is 0 Å².